The molecular formula is C6H8O5-2. The van der Waals surface area contributed by atoms with Crippen molar-refractivity contribution in [1.82, 2.24) is 0 Å². The van der Waals surface area contributed by atoms with Gasteiger partial charge in [-0.15, -0.1) is 0 Å². The molecule has 0 aromatic carbocycles. The number of aliphatic hydroxyl groups excluding tert-OH is 1. The number of carboxylic acid groups (broad SMARTS) is 2. The first kappa shape index (κ1) is 9.90. The van der Waals surface area contributed by atoms with Crippen molar-refractivity contribution in [2.75, 3.05) is 6.61 Å². The standard InChI is InChI=1S/C6H10O5/c7-3-4(1-5(8)9)2-6(10)11/h4,7H,1-3H2,(H,8,9)(H,10,11)/p-2. The van der Waals surface area contributed by atoms with Crippen LogP contribution in [-0.4, -0.2) is 23.7 Å². The van der Waals surface area contributed by atoms with Crippen LogP contribution in [-0.2, 0) is 9.59 Å². The van der Waals surface area contributed by atoms with Gasteiger partial charge in [-0.3, -0.25) is 0 Å². The average Bonchev–Trinajstić information content (AvgIpc) is 1.84. The van der Waals surface area contributed by atoms with Gasteiger partial charge < -0.3 is 24.9 Å². The molecule has 0 heterocycles. The van der Waals surface area contributed by atoms with Crippen molar-refractivity contribution in [2.45, 2.75) is 12.8 Å². The minimum atomic E-state index is -1.37. The van der Waals surface area contributed by atoms with Crippen LogP contribution in [0.5, 0.6) is 0 Å². The van der Waals surface area contributed by atoms with Crippen molar-refractivity contribution in [2.24, 2.45) is 5.92 Å². The zero-order valence-corrected chi connectivity index (χ0v) is 5.78. The maximum Gasteiger partial charge on any atom is 0.0466 e. The Morgan fingerprint density at radius 2 is 1.55 bits per heavy atom. The largest absolute Gasteiger partial charge is 0.550 e. The number of carbonyl (C=O) groups excluding carboxylic acids is 2. The Hall–Kier alpha value is -1.10. The summed E-state index contributed by atoms with van der Waals surface area (Å²) in [5.41, 5.74) is 0. The molecule has 5 heteroatoms. The molecule has 0 aromatic heterocycles. The van der Waals surface area contributed by atoms with Crippen LogP contribution in [0.1, 0.15) is 12.8 Å². The summed E-state index contributed by atoms with van der Waals surface area (Å²) in [6.45, 7) is -0.484. The van der Waals surface area contributed by atoms with E-state index >= 15 is 0 Å². The van der Waals surface area contributed by atoms with Crippen LogP contribution in [0, 0.1) is 5.92 Å². The van der Waals surface area contributed by atoms with E-state index in [9.17, 15) is 19.8 Å². The van der Waals surface area contributed by atoms with Crippen LogP contribution >= 0.6 is 0 Å². The quantitative estimate of drug-likeness (QED) is 0.458. The van der Waals surface area contributed by atoms with Crippen LogP contribution in [0.2, 0.25) is 0 Å². The first-order chi connectivity index (χ1) is 5.06. The fourth-order valence-corrected chi connectivity index (χ4v) is 0.673. The van der Waals surface area contributed by atoms with Crippen molar-refractivity contribution < 1.29 is 24.9 Å². The van der Waals surface area contributed by atoms with E-state index in [1.54, 1.807) is 0 Å². The van der Waals surface area contributed by atoms with Crippen LogP contribution < -0.4 is 10.2 Å². The Bertz CT molecular complexity index is 137. The zero-order valence-electron chi connectivity index (χ0n) is 5.78. The van der Waals surface area contributed by atoms with E-state index in [4.69, 9.17) is 5.11 Å². The lowest BCUT2D eigenvalue weighted by atomic mass is 10.0. The van der Waals surface area contributed by atoms with Crippen molar-refractivity contribution >= 4 is 11.9 Å². The van der Waals surface area contributed by atoms with Gasteiger partial charge in [-0.1, -0.05) is 0 Å². The first-order valence-corrected chi connectivity index (χ1v) is 3.06. The molecule has 64 valence electrons. The maximum absolute atomic E-state index is 9.91. The Morgan fingerprint density at radius 3 is 1.73 bits per heavy atom. The molecule has 0 fully saturated rings. The number of hydrogen-bond donors (Lipinski definition) is 1. The molecule has 0 aliphatic rings. The second-order valence-electron chi connectivity index (χ2n) is 2.20. The fraction of sp³-hybridized carbons (Fsp3) is 0.667. The van der Waals surface area contributed by atoms with Crippen molar-refractivity contribution in [3.8, 4) is 0 Å². The summed E-state index contributed by atoms with van der Waals surface area (Å²) in [6, 6.07) is 0. The topological polar surface area (TPSA) is 100 Å². The summed E-state index contributed by atoms with van der Waals surface area (Å²) in [7, 11) is 0. The van der Waals surface area contributed by atoms with E-state index < -0.39 is 37.3 Å². The molecule has 0 aliphatic heterocycles. The number of aliphatic hydroxyl groups is 1. The summed E-state index contributed by atoms with van der Waals surface area (Å²) in [5, 5.41) is 28.3. The maximum atomic E-state index is 9.91. The average molecular weight is 160 g/mol. The fourth-order valence-electron chi connectivity index (χ4n) is 0.673. The van der Waals surface area contributed by atoms with Crippen LogP contribution in [0.15, 0.2) is 0 Å². The molecule has 0 saturated heterocycles. The smallest absolute Gasteiger partial charge is 0.0466 e. The number of rotatable bonds is 5. The second-order valence-corrected chi connectivity index (χ2v) is 2.20. The third kappa shape index (κ3) is 5.35. The van der Waals surface area contributed by atoms with Crippen molar-refractivity contribution in [3.05, 3.63) is 0 Å². The minimum absolute atomic E-state index is 0.454. The van der Waals surface area contributed by atoms with Crippen LogP contribution in [0.4, 0.5) is 0 Å². The third-order valence-corrected chi connectivity index (χ3v) is 1.17. The highest BCUT2D eigenvalue weighted by atomic mass is 16.4. The van der Waals surface area contributed by atoms with Gasteiger partial charge in [0.1, 0.15) is 0 Å². The van der Waals surface area contributed by atoms with E-state index in [2.05, 4.69) is 0 Å². The van der Waals surface area contributed by atoms with Gasteiger partial charge in [-0.25, -0.2) is 0 Å². The second kappa shape index (κ2) is 4.68. The molecular weight excluding hydrogens is 152 g/mol. The summed E-state index contributed by atoms with van der Waals surface area (Å²) < 4.78 is 0. The molecule has 0 spiro atoms. The molecule has 0 bridgehead atoms. The molecule has 0 saturated carbocycles. The SMILES string of the molecule is O=C([O-])CC(CO)CC(=O)[O-]. The Labute approximate surface area is 63.3 Å². The van der Waals surface area contributed by atoms with Crippen molar-refractivity contribution in [3.63, 3.8) is 0 Å². The molecule has 1 N–H and O–H groups in total. The van der Waals surface area contributed by atoms with Gasteiger partial charge >= 0.3 is 0 Å². The van der Waals surface area contributed by atoms with Gasteiger partial charge in [0.05, 0.1) is 0 Å². The predicted molar refractivity (Wildman–Crippen MR) is 29.8 cm³/mol. The van der Waals surface area contributed by atoms with E-state index in [-0.39, 0.29) is 0 Å². The third-order valence-electron chi connectivity index (χ3n) is 1.17. The highest BCUT2D eigenvalue weighted by Crippen LogP contribution is 2.05. The molecule has 0 aromatic rings. The highest BCUT2D eigenvalue weighted by Gasteiger charge is 2.07. The number of carbonyl (C=O) groups is 2. The van der Waals surface area contributed by atoms with Gasteiger partial charge in [-0.2, -0.15) is 0 Å². The van der Waals surface area contributed by atoms with E-state index in [1.807, 2.05) is 0 Å². The van der Waals surface area contributed by atoms with Gasteiger partial charge in [0.25, 0.3) is 0 Å². The minimum Gasteiger partial charge on any atom is -0.550 e. The highest BCUT2D eigenvalue weighted by molar-refractivity contribution is 5.68. The van der Waals surface area contributed by atoms with E-state index in [0.29, 0.717) is 0 Å². The molecule has 0 unspecified atom stereocenters. The Balaban J connectivity index is 3.76. The predicted octanol–water partition coefficient (Wildman–Crippen LogP) is -3.13. The molecule has 0 rings (SSSR count). The summed E-state index contributed by atoms with van der Waals surface area (Å²) in [5.74, 6) is -3.54. The van der Waals surface area contributed by atoms with Crippen LogP contribution in [0.3, 0.4) is 0 Å². The van der Waals surface area contributed by atoms with Gasteiger partial charge in [0, 0.05) is 18.5 Å². The normalized spacial score (nSPS) is 10.0. The molecule has 5 nitrogen and oxygen atoms in total. The number of carboxylic acids is 2. The molecule has 0 aliphatic carbocycles. The van der Waals surface area contributed by atoms with Gasteiger partial charge in [0.2, 0.25) is 0 Å². The lowest BCUT2D eigenvalue weighted by Gasteiger charge is -2.14. The monoisotopic (exact) mass is 160 g/mol. The summed E-state index contributed by atoms with van der Waals surface area (Å²) in [6.07, 6.45) is -0.908. The lowest BCUT2D eigenvalue weighted by molar-refractivity contribution is -0.310. The van der Waals surface area contributed by atoms with E-state index in [0.717, 1.165) is 0 Å². The van der Waals surface area contributed by atoms with Crippen LogP contribution in [0.25, 0.3) is 0 Å². The number of hydrogen-bond acceptors (Lipinski definition) is 5. The molecule has 0 amide bonds. The summed E-state index contributed by atoms with van der Waals surface area (Å²) >= 11 is 0. The zero-order chi connectivity index (χ0) is 8.85. The lowest BCUT2D eigenvalue weighted by Crippen LogP contribution is -2.31. The first-order valence-electron chi connectivity index (χ1n) is 3.06. The van der Waals surface area contributed by atoms with Gasteiger partial charge in [-0.05, 0) is 18.8 Å². The van der Waals surface area contributed by atoms with E-state index in [1.165, 1.54) is 0 Å². The number of aliphatic carboxylic acids is 2. The Morgan fingerprint density at radius 1 is 1.18 bits per heavy atom. The Kier molecular flexibility index (Phi) is 4.21. The molecule has 0 atom stereocenters. The molecule has 0 radical (unpaired) electrons. The summed E-state index contributed by atoms with van der Waals surface area (Å²) in [4.78, 5) is 19.8. The van der Waals surface area contributed by atoms with Gasteiger partial charge in [0.15, 0.2) is 0 Å². The molecule has 11 heavy (non-hydrogen) atoms. The van der Waals surface area contributed by atoms with Crippen molar-refractivity contribution in [1.29, 1.82) is 0 Å².